The maximum Gasteiger partial charge on any atom is 0.271 e. The van der Waals surface area contributed by atoms with Crippen molar-refractivity contribution in [1.82, 2.24) is 4.98 Å². The zero-order chi connectivity index (χ0) is 15.6. The second-order valence-corrected chi connectivity index (χ2v) is 5.12. The summed E-state index contributed by atoms with van der Waals surface area (Å²) in [5, 5.41) is 13.2. The minimum absolute atomic E-state index is 0.0704. The number of aromatic amines is 1. The number of H-pyrrole nitrogens is 1. The monoisotopic (exact) mass is 351 g/mol. The zero-order valence-electron chi connectivity index (χ0n) is 10.8. The Balaban J connectivity index is 2.33. The molecule has 2 rings (SSSR count). The van der Waals surface area contributed by atoms with E-state index in [1.807, 2.05) is 0 Å². The number of halogens is 1. The Morgan fingerprint density at radius 1 is 1.38 bits per heavy atom. The predicted octanol–water partition coefficient (Wildman–Crippen LogP) is 2.61. The Kier molecular flexibility index (Phi) is 4.18. The number of aryl methyl sites for hydroxylation is 1. The fraction of sp³-hybridized carbons (Fsp3) is 0.0769. The number of nitro groups is 1. The third-order valence-electron chi connectivity index (χ3n) is 2.71. The van der Waals surface area contributed by atoms with Gasteiger partial charge in [-0.25, -0.2) is 0 Å². The van der Waals surface area contributed by atoms with Gasteiger partial charge < -0.3 is 10.3 Å². The van der Waals surface area contributed by atoms with Crippen LogP contribution in [0.15, 0.2) is 39.7 Å². The maximum atomic E-state index is 12.1. The molecule has 2 aromatic rings. The molecule has 1 amide bonds. The first-order valence-electron chi connectivity index (χ1n) is 5.83. The molecule has 0 saturated heterocycles. The summed E-state index contributed by atoms with van der Waals surface area (Å²) < 4.78 is 0.477. The standard InChI is InChI=1S/C13H10BrN3O4/c1-7-4-12(18)9(6-15-7)13(19)16-11-5-8(17(20)21)2-3-10(11)14/h2-6H,1H3,(H,15,18)(H,16,19). The molecule has 0 aliphatic carbocycles. The Hall–Kier alpha value is -2.48. The van der Waals surface area contributed by atoms with E-state index in [4.69, 9.17) is 0 Å². The molecule has 2 N–H and O–H groups in total. The Morgan fingerprint density at radius 3 is 2.71 bits per heavy atom. The number of carbonyl (C=O) groups is 1. The highest BCUT2D eigenvalue weighted by atomic mass is 79.9. The van der Waals surface area contributed by atoms with Crippen molar-refractivity contribution in [3.63, 3.8) is 0 Å². The predicted molar refractivity (Wildman–Crippen MR) is 80.5 cm³/mol. The van der Waals surface area contributed by atoms with Crippen molar-refractivity contribution in [2.45, 2.75) is 6.92 Å². The number of hydrogen-bond acceptors (Lipinski definition) is 4. The molecule has 0 aliphatic rings. The van der Waals surface area contributed by atoms with Crippen LogP contribution in [0.3, 0.4) is 0 Å². The number of nitrogens with zero attached hydrogens (tertiary/aromatic N) is 1. The molecule has 0 spiro atoms. The lowest BCUT2D eigenvalue weighted by molar-refractivity contribution is -0.384. The quantitative estimate of drug-likeness (QED) is 0.654. The molecule has 0 radical (unpaired) electrons. The lowest BCUT2D eigenvalue weighted by Gasteiger charge is -2.07. The molecule has 0 unspecified atom stereocenters. The number of anilines is 1. The van der Waals surface area contributed by atoms with Gasteiger partial charge in [-0.1, -0.05) is 0 Å². The molecule has 1 aromatic heterocycles. The highest BCUT2D eigenvalue weighted by Gasteiger charge is 2.15. The van der Waals surface area contributed by atoms with Gasteiger partial charge in [-0.05, 0) is 28.9 Å². The Bertz CT molecular complexity index is 785. The molecule has 21 heavy (non-hydrogen) atoms. The van der Waals surface area contributed by atoms with Gasteiger partial charge in [0, 0.05) is 34.6 Å². The summed E-state index contributed by atoms with van der Waals surface area (Å²) in [6, 6.07) is 5.27. The Labute approximate surface area is 127 Å². The van der Waals surface area contributed by atoms with Crippen LogP contribution in [0.25, 0.3) is 0 Å². The van der Waals surface area contributed by atoms with Crippen LogP contribution in [-0.4, -0.2) is 15.8 Å². The number of pyridine rings is 1. The van der Waals surface area contributed by atoms with Crippen molar-refractivity contribution in [1.29, 1.82) is 0 Å². The molecule has 0 bridgehead atoms. The maximum absolute atomic E-state index is 12.1. The van der Waals surface area contributed by atoms with Gasteiger partial charge in [0.25, 0.3) is 11.6 Å². The summed E-state index contributed by atoms with van der Waals surface area (Å²) >= 11 is 3.19. The molecule has 0 aliphatic heterocycles. The topological polar surface area (TPSA) is 105 Å². The molecular formula is C13H10BrN3O4. The van der Waals surface area contributed by atoms with E-state index in [0.717, 1.165) is 0 Å². The van der Waals surface area contributed by atoms with Crippen LogP contribution in [0.5, 0.6) is 0 Å². The first kappa shape index (κ1) is 14.9. The number of nitrogens with one attached hydrogen (secondary N) is 2. The average Bonchev–Trinajstić information content (AvgIpc) is 2.40. The highest BCUT2D eigenvalue weighted by Crippen LogP contribution is 2.27. The smallest absolute Gasteiger partial charge is 0.271 e. The van der Waals surface area contributed by atoms with Crippen LogP contribution in [0.1, 0.15) is 16.1 Å². The van der Waals surface area contributed by atoms with Crippen LogP contribution >= 0.6 is 15.9 Å². The van der Waals surface area contributed by atoms with E-state index in [1.165, 1.54) is 30.5 Å². The van der Waals surface area contributed by atoms with Crippen molar-refractivity contribution in [2.24, 2.45) is 0 Å². The van der Waals surface area contributed by atoms with E-state index in [-0.39, 0.29) is 16.9 Å². The summed E-state index contributed by atoms with van der Waals surface area (Å²) in [7, 11) is 0. The summed E-state index contributed by atoms with van der Waals surface area (Å²) in [4.78, 5) is 36.7. The molecule has 1 aromatic carbocycles. The number of benzene rings is 1. The molecule has 0 atom stereocenters. The summed E-state index contributed by atoms with van der Waals surface area (Å²) in [6.45, 7) is 1.69. The normalized spacial score (nSPS) is 10.2. The number of nitro benzene ring substituents is 1. The van der Waals surface area contributed by atoms with E-state index in [0.29, 0.717) is 10.2 Å². The zero-order valence-corrected chi connectivity index (χ0v) is 12.4. The van der Waals surface area contributed by atoms with Crippen LogP contribution in [0.2, 0.25) is 0 Å². The summed E-state index contributed by atoms with van der Waals surface area (Å²) in [6.07, 6.45) is 1.30. The largest absolute Gasteiger partial charge is 0.364 e. The van der Waals surface area contributed by atoms with Crippen molar-refractivity contribution < 1.29 is 9.72 Å². The van der Waals surface area contributed by atoms with Crippen molar-refractivity contribution in [3.05, 3.63) is 66.5 Å². The molecule has 7 nitrogen and oxygen atoms in total. The lowest BCUT2D eigenvalue weighted by Crippen LogP contribution is -2.21. The van der Waals surface area contributed by atoms with Crippen LogP contribution < -0.4 is 10.7 Å². The SMILES string of the molecule is Cc1cc(=O)c(C(=O)Nc2cc([N+](=O)[O-])ccc2Br)c[nH]1. The lowest BCUT2D eigenvalue weighted by atomic mass is 10.2. The molecular weight excluding hydrogens is 342 g/mol. The molecule has 0 saturated carbocycles. The first-order chi connectivity index (χ1) is 9.88. The van der Waals surface area contributed by atoms with E-state index < -0.39 is 16.3 Å². The van der Waals surface area contributed by atoms with Gasteiger partial charge in [-0.2, -0.15) is 0 Å². The van der Waals surface area contributed by atoms with Crippen LogP contribution in [0.4, 0.5) is 11.4 Å². The molecule has 0 fully saturated rings. The van der Waals surface area contributed by atoms with E-state index in [1.54, 1.807) is 6.92 Å². The second kappa shape index (κ2) is 5.88. The van der Waals surface area contributed by atoms with Gasteiger partial charge in [0.2, 0.25) is 0 Å². The van der Waals surface area contributed by atoms with E-state index in [9.17, 15) is 19.7 Å². The number of non-ortho nitro benzene ring substituents is 1. The van der Waals surface area contributed by atoms with Gasteiger partial charge in [0.1, 0.15) is 5.56 Å². The van der Waals surface area contributed by atoms with E-state index in [2.05, 4.69) is 26.2 Å². The van der Waals surface area contributed by atoms with Gasteiger partial charge in [0.05, 0.1) is 10.6 Å². The van der Waals surface area contributed by atoms with Crippen LogP contribution in [0, 0.1) is 17.0 Å². The highest BCUT2D eigenvalue weighted by molar-refractivity contribution is 9.10. The number of rotatable bonds is 3. The average molecular weight is 352 g/mol. The fourth-order valence-corrected chi connectivity index (χ4v) is 2.01. The molecule has 1 heterocycles. The Morgan fingerprint density at radius 2 is 2.10 bits per heavy atom. The summed E-state index contributed by atoms with van der Waals surface area (Å²) in [5.41, 5.74) is 0.192. The van der Waals surface area contributed by atoms with Crippen molar-refractivity contribution in [3.8, 4) is 0 Å². The van der Waals surface area contributed by atoms with Crippen LogP contribution in [-0.2, 0) is 0 Å². The summed E-state index contributed by atoms with van der Waals surface area (Å²) in [5.74, 6) is -0.641. The minimum Gasteiger partial charge on any atom is -0.364 e. The number of aromatic nitrogens is 1. The van der Waals surface area contributed by atoms with Gasteiger partial charge in [-0.3, -0.25) is 19.7 Å². The van der Waals surface area contributed by atoms with Gasteiger partial charge in [-0.15, -0.1) is 0 Å². The first-order valence-corrected chi connectivity index (χ1v) is 6.62. The third-order valence-corrected chi connectivity index (χ3v) is 3.40. The number of amides is 1. The van der Waals surface area contributed by atoms with E-state index >= 15 is 0 Å². The third kappa shape index (κ3) is 3.34. The second-order valence-electron chi connectivity index (χ2n) is 4.27. The van der Waals surface area contributed by atoms with Gasteiger partial charge >= 0.3 is 0 Å². The van der Waals surface area contributed by atoms with Crippen molar-refractivity contribution in [2.75, 3.05) is 5.32 Å². The number of hydrogen-bond donors (Lipinski definition) is 2. The van der Waals surface area contributed by atoms with Crippen molar-refractivity contribution >= 4 is 33.2 Å². The van der Waals surface area contributed by atoms with Gasteiger partial charge in [0.15, 0.2) is 5.43 Å². The number of carbonyl (C=O) groups excluding carboxylic acids is 1. The molecule has 108 valence electrons. The molecule has 8 heteroatoms. The fourth-order valence-electron chi connectivity index (χ4n) is 1.66. The minimum atomic E-state index is -0.641.